The molecule has 0 bridgehead atoms. The van der Waals surface area contributed by atoms with E-state index in [2.05, 4.69) is 4.28 Å². The number of hydroxylamine groups is 1. The molecule has 0 saturated carbocycles. The molecule has 1 atom stereocenters. The maximum Gasteiger partial charge on any atom is 0.335 e. The van der Waals surface area contributed by atoms with Crippen molar-refractivity contribution in [3.05, 3.63) is 29.8 Å². The lowest BCUT2D eigenvalue weighted by atomic mass is 10.2. The maximum atomic E-state index is 10.6. The van der Waals surface area contributed by atoms with Crippen LogP contribution >= 0.6 is 0 Å². The third-order valence-corrected chi connectivity index (χ3v) is 1.98. The average molecular weight is 231 g/mol. The van der Waals surface area contributed by atoms with Crippen LogP contribution in [0.2, 0.25) is 0 Å². The second-order valence-electron chi connectivity index (χ2n) is 2.64. The standard InChI is InChI=1S/C8H9NO5S/c1-9(14-15(12)13)7-4-2-3-6(5-7)8(10)11/h2-5H,1H3,(H,10,11)(H,12,13). The molecule has 0 aliphatic heterocycles. The zero-order valence-corrected chi connectivity index (χ0v) is 8.60. The topological polar surface area (TPSA) is 87.1 Å². The van der Waals surface area contributed by atoms with E-state index in [1.807, 2.05) is 0 Å². The summed E-state index contributed by atoms with van der Waals surface area (Å²) >= 11 is -2.43. The number of nitrogens with zero attached hydrogens (tertiary/aromatic N) is 1. The molecule has 0 fully saturated rings. The summed E-state index contributed by atoms with van der Waals surface area (Å²) in [6, 6.07) is 5.81. The summed E-state index contributed by atoms with van der Waals surface area (Å²) in [5.74, 6) is -1.07. The molecule has 0 spiro atoms. The van der Waals surface area contributed by atoms with Crippen LogP contribution in [0.25, 0.3) is 0 Å². The molecular formula is C8H9NO5S. The highest BCUT2D eigenvalue weighted by molar-refractivity contribution is 7.74. The molecule has 0 heterocycles. The fraction of sp³-hybridized carbons (Fsp3) is 0.125. The summed E-state index contributed by atoms with van der Waals surface area (Å²) in [6.07, 6.45) is 0. The predicted octanol–water partition coefficient (Wildman–Crippen LogP) is 0.889. The van der Waals surface area contributed by atoms with Crippen molar-refractivity contribution in [3.8, 4) is 0 Å². The predicted molar refractivity (Wildman–Crippen MR) is 53.7 cm³/mol. The van der Waals surface area contributed by atoms with Gasteiger partial charge in [-0.2, -0.15) is 4.21 Å². The first kappa shape index (κ1) is 11.6. The van der Waals surface area contributed by atoms with Gasteiger partial charge in [0.2, 0.25) is 0 Å². The van der Waals surface area contributed by atoms with E-state index in [0.717, 1.165) is 5.06 Å². The number of carboxylic acids is 1. The molecule has 0 radical (unpaired) electrons. The number of aromatic carboxylic acids is 1. The second kappa shape index (κ2) is 4.87. The van der Waals surface area contributed by atoms with Crippen LogP contribution in [0.4, 0.5) is 5.69 Å². The van der Waals surface area contributed by atoms with Crippen LogP contribution in [0.5, 0.6) is 0 Å². The van der Waals surface area contributed by atoms with E-state index in [1.165, 1.54) is 25.2 Å². The lowest BCUT2D eigenvalue weighted by Crippen LogP contribution is -2.19. The number of hydrogen-bond donors (Lipinski definition) is 2. The Morgan fingerprint density at radius 1 is 1.53 bits per heavy atom. The zero-order valence-electron chi connectivity index (χ0n) is 7.78. The summed E-state index contributed by atoms with van der Waals surface area (Å²) in [5, 5.41) is 9.72. The molecule has 1 rings (SSSR count). The Bertz CT molecular complexity index is 394. The Morgan fingerprint density at radius 2 is 2.20 bits per heavy atom. The Hall–Kier alpha value is -1.44. The van der Waals surface area contributed by atoms with E-state index >= 15 is 0 Å². The van der Waals surface area contributed by atoms with Crippen molar-refractivity contribution in [2.75, 3.05) is 12.1 Å². The largest absolute Gasteiger partial charge is 0.478 e. The molecule has 7 heteroatoms. The number of hydrogen-bond acceptors (Lipinski definition) is 4. The fourth-order valence-corrected chi connectivity index (χ4v) is 1.25. The molecule has 82 valence electrons. The Balaban J connectivity index is 2.89. The summed E-state index contributed by atoms with van der Waals surface area (Å²) in [4.78, 5) is 10.6. The normalized spacial score (nSPS) is 12.1. The van der Waals surface area contributed by atoms with E-state index in [0.29, 0.717) is 5.69 Å². The van der Waals surface area contributed by atoms with Crippen molar-refractivity contribution in [1.29, 1.82) is 0 Å². The number of rotatable bonds is 4. The van der Waals surface area contributed by atoms with Gasteiger partial charge in [0.15, 0.2) is 0 Å². The zero-order chi connectivity index (χ0) is 11.4. The summed E-state index contributed by atoms with van der Waals surface area (Å²) in [7, 11) is 1.40. The van der Waals surface area contributed by atoms with Crippen molar-refractivity contribution in [1.82, 2.24) is 0 Å². The molecule has 0 aromatic heterocycles. The van der Waals surface area contributed by atoms with Crippen molar-refractivity contribution in [2.45, 2.75) is 0 Å². The number of anilines is 1. The maximum absolute atomic E-state index is 10.6. The smallest absolute Gasteiger partial charge is 0.335 e. The Morgan fingerprint density at radius 3 is 2.73 bits per heavy atom. The van der Waals surface area contributed by atoms with Gasteiger partial charge in [-0.05, 0) is 18.2 Å². The van der Waals surface area contributed by atoms with Crippen LogP contribution < -0.4 is 5.06 Å². The van der Waals surface area contributed by atoms with Crippen molar-refractivity contribution in [3.63, 3.8) is 0 Å². The van der Waals surface area contributed by atoms with E-state index in [1.54, 1.807) is 6.07 Å². The van der Waals surface area contributed by atoms with E-state index in [-0.39, 0.29) is 5.56 Å². The van der Waals surface area contributed by atoms with Gasteiger partial charge in [-0.15, -0.1) is 4.28 Å². The summed E-state index contributed by atoms with van der Waals surface area (Å²) in [5.41, 5.74) is 0.448. The molecule has 0 amide bonds. The van der Waals surface area contributed by atoms with Crippen LogP contribution in [0.1, 0.15) is 10.4 Å². The monoisotopic (exact) mass is 231 g/mol. The molecule has 1 unspecified atom stereocenters. The Kier molecular flexibility index (Phi) is 3.78. The molecular weight excluding hydrogens is 222 g/mol. The molecule has 6 nitrogen and oxygen atoms in total. The first-order chi connectivity index (χ1) is 7.00. The molecule has 0 saturated heterocycles. The molecule has 0 aliphatic carbocycles. The molecule has 1 aromatic rings. The third-order valence-electron chi connectivity index (χ3n) is 1.63. The summed E-state index contributed by atoms with van der Waals surface area (Å²) in [6.45, 7) is 0. The van der Waals surface area contributed by atoms with E-state index < -0.39 is 17.3 Å². The van der Waals surface area contributed by atoms with Gasteiger partial charge in [0.1, 0.15) is 0 Å². The van der Waals surface area contributed by atoms with Crippen LogP contribution in [-0.2, 0) is 15.6 Å². The minimum absolute atomic E-state index is 0.0756. The van der Waals surface area contributed by atoms with Gasteiger partial charge < -0.3 is 5.11 Å². The van der Waals surface area contributed by atoms with Crippen LogP contribution in [0.3, 0.4) is 0 Å². The third kappa shape index (κ3) is 3.31. The number of carboxylic acid groups (broad SMARTS) is 1. The molecule has 15 heavy (non-hydrogen) atoms. The quantitative estimate of drug-likeness (QED) is 0.591. The van der Waals surface area contributed by atoms with E-state index in [4.69, 9.17) is 9.66 Å². The highest BCUT2D eigenvalue weighted by Gasteiger charge is 2.08. The van der Waals surface area contributed by atoms with E-state index in [9.17, 15) is 9.00 Å². The summed E-state index contributed by atoms with van der Waals surface area (Å²) < 4.78 is 23.2. The number of benzene rings is 1. The molecule has 2 N–H and O–H groups in total. The minimum Gasteiger partial charge on any atom is -0.478 e. The van der Waals surface area contributed by atoms with Crippen molar-refractivity contribution >= 4 is 23.0 Å². The van der Waals surface area contributed by atoms with Crippen molar-refractivity contribution < 1.29 is 22.9 Å². The fourth-order valence-electron chi connectivity index (χ4n) is 0.973. The SMILES string of the molecule is CN(OS(=O)O)c1cccc(C(=O)O)c1. The van der Waals surface area contributed by atoms with Crippen LogP contribution in [0, 0.1) is 0 Å². The molecule has 0 aliphatic rings. The number of carbonyl (C=O) groups is 1. The van der Waals surface area contributed by atoms with Gasteiger partial charge in [0.25, 0.3) is 0 Å². The Labute approximate surface area is 88.5 Å². The molecule has 1 aromatic carbocycles. The van der Waals surface area contributed by atoms with Crippen LogP contribution in [-0.4, -0.2) is 26.9 Å². The van der Waals surface area contributed by atoms with Gasteiger partial charge in [0.05, 0.1) is 11.3 Å². The highest BCUT2D eigenvalue weighted by atomic mass is 32.2. The lowest BCUT2D eigenvalue weighted by molar-refractivity contribution is 0.0697. The first-order valence-electron chi connectivity index (χ1n) is 3.87. The van der Waals surface area contributed by atoms with Crippen LogP contribution in [0.15, 0.2) is 24.3 Å². The van der Waals surface area contributed by atoms with Gasteiger partial charge in [-0.1, -0.05) is 6.07 Å². The second-order valence-corrected chi connectivity index (χ2v) is 3.23. The highest BCUT2D eigenvalue weighted by Crippen LogP contribution is 2.15. The van der Waals surface area contributed by atoms with Gasteiger partial charge in [0, 0.05) is 7.05 Å². The van der Waals surface area contributed by atoms with Gasteiger partial charge in [-0.25, -0.2) is 9.86 Å². The van der Waals surface area contributed by atoms with Gasteiger partial charge >= 0.3 is 17.3 Å². The average Bonchev–Trinajstić information content (AvgIpc) is 2.17. The van der Waals surface area contributed by atoms with Gasteiger partial charge in [-0.3, -0.25) is 4.55 Å². The van der Waals surface area contributed by atoms with Crippen molar-refractivity contribution in [2.24, 2.45) is 0 Å². The minimum atomic E-state index is -2.43. The first-order valence-corrected chi connectivity index (χ1v) is 4.90. The lowest BCUT2D eigenvalue weighted by Gasteiger charge is -2.15.